The Balaban J connectivity index is 1.72. The molecule has 1 N–H and O–H groups in total. The predicted octanol–water partition coefficient (Wildman–Crippen LogP) is 2.99. The van der Waals surface area contributed by atoms with Crippen molar-refractivity contribution in [2.75, 3.05) is 0 Å². The number of hydrogen-bond acceptors (Lipinski definition) is 5. The zero-order valence-electron chi connectivity index (χ0n) is 10.4. The lowest BCUT2D eigenvalue weighted by Crippen LogP contribution is -2.04. The van der Waals surface area contributed by atoms with Crippen LogP contribution in [0.1, 0.15) is 40.8 Å². The molecule has 0 spiro atoms. The first-order valence-corrected chi connectivity index (χ1v) is 6.91. The van der Waals surface area contributed by atoms with E-state index in [-0.39, 0.29) is 17.9 Å². The largest absolute Gasteiger partial charge is 0.485 e. The summed E-state index contributed by atoms with van der Waals surface area (Å²) in [6.07, 6.45) is 2.16. The number of hydrogen-bond donors (Lipinski definition) is 1. The molecule has 2 aromatic rings. The van der Waals surface area contributed by atoms with Crippen LogP contribution in [0.3, 0.4) is 0 Å². The molecule has 0 radical (unpaired) electrons. The molecular weight excluding hydrogens is 328 g/mol. The van der Waals surface area contributed by atoms with Gasteiger partial charge in [-0.05, 0) is 31.0 Å². The van der Waals surface area contributed by atoms with Crippen LogP contribution in [0.2, 0.25) is 0 Å². The van der Waals surface area contributed by atoms with E-state index in [4.69, 9.17) is 14.4 Å². The zero-order valence-corrected chi connectivity index (χ0v) is 12.0. The molecule has 7 heteroatoms. The summed E-state index contributed by atoms with van der Waals surface area (Å²) in [5.74, 6) is 0.675. The Hall–Kier alpha value is -1.89. The van der Waals surface area contributed by atoms with Crippen LogP contribution in [0.4, 0.5) is 0 Å². The van der Waals surface area contributed by atoms with Crippen LogP contribution in [0, 0.1) is 0 Å². The van der Waals surface area contributed by atoms with Gasteiger partial charge >= 0.3 is 5.97 Å². The molecule has 0 saturated heterocycles. The topological polar surface area (TPSA) is 85.5 Å². The Labute approximate surface area is 122 Å². The fourth-order valence-electron chi connectivity index (χ4n) is 1.76. The number of ether oxygens (including phenoxy) is 1. The monoisotopic (exact) mass is 338 g/mol. The van der Waals surface area contributed by atoms with Crippen molar-refractivity contribution in [1.29, 1.82) is 0 Å². The van der Waals surface area contributed by atoms with E-state index >= 15 is 0 Å². The smallest absolute Gasteiger partial charge is 0.339 e. The second-order valence-corrected chi connectivity index (χ2v) is 5.47. The third-order valence-electron chi connectivity index (χ3n) is 2.94. The number of aromatic carboxylic acids is 1. The van der Waals surface area contributed by atoms with Crippen molar-refractivity contribution < 1.29 is 19.2 Å². The summed E-state index contributed by atoms with van der Waals surface area (Å²) in [7, 11) is 0. The first-order chi connectivity index (χ1) is 9.63. The fraction of sp³-hybridized carbons (Fsp3) is 0.308. The SMILES string of the molecule is O=C(O)c1cc(Br)ccc1OCc1noc(C2CC2)n1. The average Bonchev–Trinajstić information content (AvgIpc) is 3.17. The molecule has 0 unspecified atom stereocenters. The van der Waals surface area contributed by atoms with Crippen molar-refractivity contribution in [3.8, 4) is 5.75 Å². The molecule has 104 valence electrons. The quantitative estimate of drug-likeness (QED) is 0.901. The highest BCUT2D eigenvalue weighted by Crippen LogP contribution is 2.38. The molecule has 20 heavy (non-hydrogen) atoms. The summed E-state index contributed by atoms with van der Waals surface area (Å²) in [5, 5.41) is 12.9. The number of halogens is 1. The van der Waals surface area contributed by atoms with E-state index in [0.717, 1.165) is 12.8 Å². The number of carbonyl (C=O) groups is 1. The summed E-state index contributed by atoms with van der Waals surface area (Å²) < 4.78 is 11.3. The molecule has 1 aliphatic rings. The summed E-state index contributed by atoms with van der Waals surface area (Å²) in [6, 6.07) is 4.80. The van der Waals surface area contributed by atoms with Crippen LogP contribution in [0.5, 0.6) is 5.75 Å². The second-order valence-electron chi connectivity index (χ2n) is 4.56. The van der Waals surface area contributed by atoms with Gasteiger partial charge in [0.25, 0.3) is 0 Å². The lowest BCUT2D eigenvalue weighted by Gasteiger charge is -2.07. The van der Waals surface area contributed by atoms with E-state index in [1.54, 1.807) is 12.1 Å². The van der Waals surface area contributed by atoms with Gasteiger partial charge in [0.1, 0.15) is 11.3 Å². The molecule has 1 aromatic carbocycles. The Kier molecular flexibility index (Phi) is 3.43. The molecule has 0 aliphatic heterocycles. The van der Waals surface area contributed by atoms with Crippen molar-refractivity contribution in [2.45, 2.75) is 25.4 Å². The van der Waals surface area contributed by atoms with Crippen molar-refractivity contribution in [2.24, 2.45) is 0 Å². The van der Waals surface area contributed by atoms with Gasteiger partial charge in [-0.15, -0.1) is 0 Å². The Morgan fingerprint density at radius 3 is 3.00 bits per heavy atom. The molecule has 1 aromatic heterocycles. The lowest BCUT2D eigenvalue weighted by atomic mass is 10.2. The van der Waals surface area contributed by atoms with Crippen LogP contribution in [-0.4, -0.2) is 21.2 Å². The molecule has 1 heterocycles. The van der Waals surface area contributed by atoms with Gasteiger partial charge in [0.15, 0.2) is 6.61 Å². The normalized spacial score (nSPS) is 14.2. The van der Waals surface area contributed by atoms with Crippen molar-refractivity contribution in [3.05, 3.63) is 40.0 Å². The average molecular weight is 339 g/mol. The van der Waals surface area contributed by atoms with Gasteiger partial charge in [0.2, 0.25) is 11.7 Å². The first-order valence-electron chi connectivity index (χ1n) is 6.11. The minimum atomic E-state index is -1.05. The summed E-state index contributed by atoms with van der Waals surface area (Å²) in [6.45, 7) is 0.0815. The molecule has 3 rings (SSSR count). The molecular formula is C13H11BrN2O4. The highest BCUT2D eigenvalue weighted by atomic mass is 79.9. The van der Waals surface area contributed by atoms with E-state index in [9.17, 15) is 4.79 Å². The van der Waals surface area contributed by atoms with Crippen LogP contribution < -0.4 is 4.74 Å². The third-order valence-corrected chi connectivity index (χ3v) is 3.43. The molecule has 1 aliphatic carbocycles. The molecule has 0 amide bonds. The number of benzene rings is 1. The Morgan fingerprint density at radius 1 is 1.50 bits per heavy atom. The summed E-state index contributed by atoms with van der Waals surface area (Å²) in [5.41, 5.74) is 0.0882. The highest BCUT2D eigenvalue weighted by molar-refractivity contribution is 9.10. The maximum Gasteiger partial charge on any atom is 0.339 e. The standard InChI is InChI=1S/C13H11BrN2O4/c14-8-3-4-10(9(5-8)13(17)18)19-6-11-15-12(20-16-11)7-1-2-7/h3-5,7H,1-2,6H2,(H,17,18). The van der Waals surface area contributed by atoms with Gasteiger partial charge < -0.3 is 14.4 Å². The van der Waals surface area contributed by atoms with E-state index in [0.29, 0.717) is 22.1 Å². The zero-order chi connectivity index (χ0) is 14.1. The van der Waals surface area contributed by atoms with Crippen LogP contribution in [0.25, 0.3) is 0 Å². The van der Waals surface area contributed by atoms with Crippen molar-refractivity contribution in [1.82, 2.24) is 10.1 Å². The second kappa shape index (κ2) is 5.24. The highest BCUT2D eigenvalue weighted by Gasteiger charge is 2.29. The Bertz CT molecular complexity index is 652. The number of aromatic nitrogens is 2. The van der Waals surface area contributed by atoms with Crippen LogP contribution >= 0.6 is 15.9 Å². The Morgan fingerprint density at radius 2 is 2.30 bits per heavy atom. The molecule has 0 atom stereocenters. The van der Waals surface area contributed by atoms with E-state index in [2.05, 4.69) is 26.1 Å². The summed E-state index contributed by atoms with van der Waals surface area (Å²) in [4.78, 5) is 15.4. The number of carboxylic acid groups (broad SMARTS) is 1. The molecule has 1 saturated carbocycles. The van der Waals surface area contributed by atoms with Gasteiger partial charge in [-0.2, -0.15) is 4.98 Å². The molecule has 1 fully saturated rings. The fourth-order valence-corrected chi connectivity index (χ4v) is 2.12. The van der Waals surface area contributed by atoms with Crippen molar-refractivity contribution in [3.63, 3.8) is 0 Å². The number of rotatable bonds is 5. The predicted molar refractivity (Wildman–Crippen MR) is 71.7 cm³/mol. The van der Waals surface area contributed by atoms with Crippen LogP contribution in [-0.2, 0) is 6.61 Å². The van der Waals surface area contributed by atoms with Gasteiger partial charge in [-0.25, -0.2) is 4.79 Å². The number of nitrogens with zero attached hydrogens (tertiary/aromatic N) is 2. The maximum absolute atomic E-state index is 11.1. The van der Waals surface area contributed by atoms with E-state index in [1.165, 1.54) is 6.07 Å². The maximum atomic E-state index is 11.1. The lowest BCUT2D eigenvalue weighted by molar-refractivity contribution is 0.0691. The van der Waals surface area contributed by atoms with Gasteiger partial charge in [0, 0.05) is 10.4 Å². The van der Waals surface area contributed by atoms with E-state index < -0.39 is 5.97 Å². The molecule has 0 bridgehead atoms. The third kappa shape index (κ3) is 2.82. The number of carboxylic acids is 1. The first kappa shape index (κ1) is 13.1. The summed E-state index contributed by atoms with van der Waals surface area (Å²) >= 11 is 3.23. The van der Waals surface area contributed by atoms with Gasteiger partial charge in [-0.1, -0.05) is 21.1 Å². The van der Waals surface area contributed by atoms with Crippen LogP contribution in [0.15, 0.2) is 27.2 Å². The van der Waals surface area contributed by atoms with Gasteiger partial charge in [0.05, 0.1) is 0 Å². The molecule has 6 nitrogen and oxygen atoms in total. The minimum Gasteiger partial charge on any atom is -0.485 e. The van der Waals surface area contributed by atoms with Crippen molar-refractivity contribution >= 4 is 21.9 Å². The van der Waals surface area contributed by atoms with Gasteiger partial charge in [-0.3, -0.25) is 0 Å². The van der Waals surface area contributed by atoms with E-state index in [1.807, 2.05) is 0 Å². The minimum absolute atomic E-state index is 0.0815.